The van der Waals surface area contributed by atoms with E-state index in [-0.39, 0.29) is 24.4 Å². The van der Waals surface area contributed by atoms with Crippen LogP contribution < -0.4 is 9.47 Å². The smallest absolute Gasteiger partial charge is 0.233 e. The van der Waals surface area contributed by atoms with E-state index in [4.69, 9.17) is 14.6 Å². The van der Waals surface area contributed by atoms with Gasteiger partial charge >= 0.3 is 0 Å². The Kier molecular flexibility index (Phi) is 5.93. The zero-order chi connectivity index (χ0) is 16.1. The molecule has 122 valence electrons. The number of carbonyl (C=O) groups excluding carboxylic acids is 1. The number of β-amino-alcohol motifs (C(OH)–C–C–N with tert-alkyl or cyclic N) is 1. The monoisotopic (exact) mass is 327 g/mol. The number of thioether (sulfide) groups is 1. The van der Waals surface area contributed by atoms with Crippen LogP contribution >= 0.6 is 11.8 Å². The van der Waals surface area contributed by atoms with Crippen molar-refractivity contribution in [2.75, 3.05) is 32.6 Å². The van der Waals surface area contributed by atoms with E-state index < -0.39 is 6.10 Å². The summed E-state index contributed by atoms with van der Waals surface area (Å²) in [6.07, 6.45) is -0.935. The highest BCUT2D eigenvalue weighted by molar-refractivity contribution is 8.00. The van der Waals surface area contributed by atoms with E-state index in [1.54, 1.807) is 12.0 Å². The summed E-state index contributed by atoms with van der Waals surface area (Å²) in [6.45, 7) is 2.16. The molecule has 0 aromatic heterocycles. The topological polar surface area (TPSA) is 79.2 Å². The minimum Gasteiger partial charge on any atom is -0.493 e. The van der Waals surface area contributed by atoms with Crippen LogP contribution in [0.2, 0.25) is 0 Å². The molecule has 1 aromatic rings. The van der Waals surface area contributed by atoms with Crippen LogP contribution in [-0.4, -0.2) is 59.7 Å². The number of ether oxygens (including phenoxy) is 2. The maximum Gasteiger partial charge on any atom is 0.233 e. The molecule has 1 heterocycles. The van der Waals surface area contributed by atoms with Crippen LogP contribution in [0.3, 0.4) is 0 Å². The predicted molar refractivity (Wildman–Crippen MR) is 84.2 cm³/mol. The minimum absolute atomic E-state index is 0.0451. The Balaban J connectivity index is 2.25. The van der Waals surface area contributed by atoms with Gasteiger partial charge in [-0.15, -0.1) is 11.8 Å². The molecule has 1 saturated heterocycles. The molecule has 1 aliphatic rings. The van der Waals surface area contributed by atoms with Crippen molar-refractivity contribution in [3.63, 3.8) is 0 Å². The fraction of sp³-hybridized carbons (Fsp3) is 0.533. The molecule has 1 aromatic carbocycles. The lowest BCUT2D eigenvalue weighted by molar-refractivity contribution is -0.129. The summed E-state index contributed by atoms with van der Waals surface area (Å²) >= 11 is 1.49. The number of aliphatic hydroxyl groups is 2. The summed E-state index contributed by atoms with van der Waals surface area (Å²) in [5, 5.41) is 18.4. The summed E-state index contributed by atoms with van der Waals surface area (Å²) < 4.78 is 10.8. The van der Waals surface area contributed by atoms with Crippen LogP contribution in [0.1, 0.15) is 17.9 Å². The second kappa shape index (κ2) is 7.71. The first kappa shape index (κ1) is 16.9. The van der Waals surface area contributed by atoms with Gasteiger partial charge in [0, 0.05) is 0 Å². The van der Waals surface area contributed by atoms with Crippen molar-refractivity contribution in [1.82, 2.24) is 4.90 Å². The highest BCUT2D eigenvalue weighted by atomic mass is 32.2. The number of hydrogen-bond donors (Lipinski definition) is 2. The van der Waals surface area contributed by atoms with Crippen molar-refractivity contribution < 1.29 is 24.5 Å². The van der Waals surface area contributed by atoms with Gasteiger partial charge in [0.2, 0.25) is 5.91 Å². The summed E-state index contributed by atoms with van der Waals surface area (Å²) in [5.41, 5.74) is 0.908. The van der Waals surface area contributed by atoms with Gasteiger partial charge < -0.3 is 24.6 Å². The lowest BCUT2D eigenvalue weighted by atomic mass is 10.1. The van der Waals surface area contributed by atoms with E-state index in [0.717, 1.165) is 5.56 Å². The third kappa shape index (κ3) is 3.66. The number of nitrogens with zero attached hydrogens (tertiary/aromatic N) is 1. The number of benzene rings is 1. The Bertz CT molecular complexity index is 525. The molecule has 0 bridgehead atoms. The number of carbonyl (C=O) groups is 1. The maximum atomic E-state index is 12.0. The second-order valence-corrected chi connectivity index (χ2v) is 5.96. The molecule has 2 rings (SSSR count). The molecule has 22 heavy (non-hydrogen) atoms. The minimum atomic E-state index is -0.935. The third-order valence-corrected chi connectivity index (χ3v) is 4.61. The van der Waals surface area contributed by atoms with E-state index >= 15 is 0 Å². The summed E-state index contributed by atoms with van der Waals surface area (Å²) in [4.78, 5) is 13.6. The largest absolute Gasteiger partial charge is 0.493 e. The highest BCUT2D eigenvalue weighted by Gasteiger charge is 2.34. The average molecular weight is 327 g/mol. The molecule has 2 atom stereocenters. The fourth-order valence-corrected chi connectivity index (χ4v) is 3.52. The fourth-order valence-electron chi connectivity index (χ4n) is 2.33. The predicted octanol–water partition coefficient (Wildman–Crippen LogP) is 1.02. The molecule has 1 unspecified atom stereocenters. The third-order valence-electron chi connectivity index (χ3n) is 3.36. The zero-order valence-corrected chi connectivity index (χ0v) is 13.5. The lowest BCUT2D eigenvalue weighted by Crippen LogP contribution is -2.37. The molecule has 6 nitrogen and oxygen atoms in total. The lowest BCUT2D eigenvalue weighted by Gasteiger charge is -2.26. The zero-order valence-electron chi connectivity index (χ0n) is 12.7. The van der Waals surface area contributed by atoms with Gasteiger partial charge in [-0.1, -0.05) is 6.07 Å². The number of methoxy groups -OCH3 is 1. The molecular weight excluding hydrogens is 306 g/mol. The number of hydrogen-bond acceptors (Lipinski definition) is 6. The molecule has 1 amide bonds. The van der Waals surface area contributed by atoms with Crippen molar-refractivity contribution in [2.45, 2.75) is 18.4 Å². The molecule has 1 fully saturated rings. The van der Waals surface area contributed by atoms with E-state index in [0.29, 0.717) is 23.9 Å². The number of amides is 1. The molecule has 0 aliphatic carbocycles. The quantitative estimate of drug-likeness (QED) is 0.778. The Morgan fingerprint density at radius 1 is 1.45 bits per heavy atom. The Morgan fingerprint density at radius 2 is 2.23 bits per heavy atom. The molecule has 2 N–H and O–H groups in total. The van der Waals surface area contributed by atoms with Gasteiger partial charge in [-0.25, -0.2) is 0 Å². The highest BCUT2D eigenvalue weighted by Crippen LogP contribution is 2.41. The molecule has 7 heteroatoms. The van der Waals surface area contributed by atoms with Gasteiger partial charge in [-0.3, -0.25) is 4.79 Å². The molecule has 0 spiro atoms. The maximum absolute atomic E-state index is 12.0. The molecule has 0 radical (unpaired) electrons. The van der Waals surface area contributed by atoms with E-state index in [9.17, 15) is 9.90 Å². The van der Waals surface area contributed by atoms with Crippen LogP contribution in [-0.2, 0) is 4.79 Å². The molecular formula is C15H21NO5S. The Labute approximate surface area is 134 Å². The second-order valence-electron chi connectivity index (χ2n) is 4.89. The first-order valence-corrected chi connectivity index (χ1v) is 8.16. The van der Waals surface area contributed by atoms with Gasteiger partial charge in [0.15, 0.2) is 11.5 Å². The number of rotatable bonds is 7. The summed E-state index contributed by atoms with van der Waals surface area (Å²) in [6, 6.07) is 5.55. The number of aliphatic hydroxyl groups excluding tert-OH is 2. The van der Waals surface area contributed by atoms with E-state index in [2.05, 4.69) is 0 Å². The van der Waals surface area contributed by atoms with Crippen molar-refractivity contribution in [2.24, 2.45) is 0 Å². The van der Waals surface area contributed by atoms with Crippen LogP contribution in [0, 0.1) is 0 Å². The normalized spacial score (nSPS) is 19.4. The van der Waals surface area contributed by atoms with Gasteiger partial charge in [-0.2, -0.15) is 0 Å². The molecule has 0 saturated carbocycles. The average Bonchev–Trinajstić information content (AvgIpc) is 2.88. The van der Waals surface area contributed by atoms with Crippen LogP contribution in [0.15, 0.2) is 18.2 Å². The molecule has 1 aliphatic heterocycles. The van der Waals surface area contributed by atoms with Crippen molar-refractivity contribution in [3.05, 3.63) is 23.8 Å². The van der Waals surface area contributed by atoms with E-state index in [1.165, 1.54) is 11.8 Å². The van der Waals surface area contributed by atoms with Crippen molar-refractivity contribution >= 4 is 17.7 Å². The summed E-state index contributed by atoms with van der Waals surface area (Å²) in [5.74, 6) is 1.59. The van der Waals surface area contributed by atoms with Gasteiger partial charge in [0.05, 0.1) is 38.7 Å². The van der Waals surface area contributed by atoms with Gasteiger partial charge in [0.1, 0.15) is 5.37 Å². The van der Waals surface area contributed by atoms with Crippen LogP contribution in [0.4, 0.5) is 0 Å². The standard InChI is InChI=1S/C15H21NO5S/c1-3-21-13-6-10(4-5-12(13)20-2)15-16(7-11(18)8-17)14(19)9-22-15/h4-6,11,15,17-18H,3,7-9H2,1-2H3/t11-,15?/m0/s1. The van der Waals surface area contributed by atoms with Gasteiger partial charge in [-0.05, 0) is 24.6 Å². The Hall–Kier alpha value is -1.44. The first-order chi connectivity index (χ1) is 10.6. The van der Waals surface area contributed by atoms with E-state index in [1.807, 2.05) is 25.1 Å². The van der Waals surface area contributed by atoms with Crippen LogP contribution in [0.5, 0.6) is 11.5 Å². The van der Waals surface area contributed by atoms with Crippen LogP contribution in [0.25, 0.3) is 0 Å². The van der Waals surface area contributed by atoms with Crippen molar-refractivity contribution in [3.8, 4) is 11.5 Å². The first-order valence-electron chi connectivity index (χ1n) is 7.11. The summed E-state index contributed by atoms with van der Waals surface area (Å²) in [7, 11) is 1.58. The van der Waals surface area contributed by atoms with Crippen molar-refractivity contribution in [1.29, 1.82) is 0 Å². The SMILES string of the molecule is CCOc1cc(C2SCC(=O)N2C[C@H](O)CO)ccc1OC. The van der Waals surface area contributed by atoms with Gasteiger partial charge in [0.25, 0.3) is 0 Å². The Morgan fingerprint density at radius 3 is 2.86 bits per heavy atom.